The van der Waals surface area contributed by atoms with E-state index in [2.05, 4.69) is 10.3 Å². The topological polar surface area (TPSA) is 73.2 Å². The van der Waals surface area contributed by atoms with E-state index in [1.807, 2.05) is 32.0 Å². The summed E-state index contributed by atoms with van der Waals surface area (Å²) in [6, 6.07) is 5.50. The van der Waals surface area contributed by atoms with Crippen molar-refractivity contribution in [2.24, 2.45) is 0 Å². The number of methoxy groups -OCH3 is 1. The van der Waals surface area contributed by atoms with Gasteiger partial charge in [0.1, 0.15) is 11.3 Å². The smallest absolute Gasteiger partial charge is 0.267 e. The molecule has 7 heteroatoms. The van der Waals surface area contributed by atoms with Gasteiger partial charge in [0.15, 0.2) is 5.16 Å². The molecule has 24 heavy (non-hydrogen) atoms. The number of benzene rings is 1. The maximum Gasteiger partial charge on any atom is 0.267 e. The number of rotatable bonds is 4. The van der Waals surface area contributed by atoms with Gasteiger partial charge >= 0.3 is 0 Å². The molecule has 1 amide bonds. The van der Waals surface area contributed by atoms with Crippen LogP contribution < -0.4 is 15.6 Å². The highest BCUT2D eigenvalue weighted by molar-refractivity contribution is 7.99. The number of hydrogen-bond donors (Lipinski definition) is 1. The molecule has 6 nitrogen and oxygen atoms in total. The first-order valence-corrected chi connectivity index (χ1v) is 8.68. The van der Waals surface area contributed by atoms with Gasteiger partial charge in [-0.1, -0.05) is 29.5 Å². The average molecular weight is 345 g/mol. The Morgan fingerprint density at radius 1 is 1.46 bits per heavy atom. The van der Waals surface area contributed by atoms with E-state index in [-0.39, 0.29) is 17.2 Å². The fourth-order valence-corrected chi connectivity index (χ4v) is 3.63. The first kappa shape index (κ1) is 16.6. The summed E-state index contributed by atoms with van der Waals surface area (Å²) in [6.45, 7) is 4.43. The average Bonchev–Trinajstić information content (AvgIpc) is 3.04. The summed E-state index contributed by atoms with van der Waals surface area (Å²) in [4.78, 5) is 29.2. The summed E-state index contributed by atoms with van der Waals surface area (Å²) in [6.07, 6.45) is 1.36. The Labute approximate surface area is 144 Å². The minimum absolute atomic E-state index is 0.0692. The Hall–Kier alpha value is -2.28. The summed E-state index contributed by atoms with van der Waals surface area (Å²) in [5.41, 5.74) is 1.73. The number of amides is 1. The van der Waals surface area contributed by atoms with Crippen LogP contribution in [0.15, 0.2) is 34.3 Å². The van der Waals surface area contributed by atoms with Gasteiger partial charge in [-0.25, -0.2) is 4.98 Å². The quantitative estimate of drug-likeness (QED) is 0.860. The summed E-state index contributed by atoms with van der Waals surface area (Å²) in [5.74, 6) is 1.09. The molecule has 0 saturated carbocycles. The molecule has 1 N–H and O–H groups in total. The van der Waals surface area contributed by atoms with Gasteiger partial charge in [0.05, 0.1) is 13.2 Å². The van der Waals surface area contributed by atoms with E-state index < -0.39 is 5.91 Å². The van der Waals surface area contributed by atoms with E-state index in [1.165, 1.54) is 18.0 Å². The normalized spacial score (nSPS) is 14.1. The van der Waals surface area contributed by atoms with Gasteiger partial charge in [-0.2, -0.15) is 0 Å². The lowest BCUT2D eigenvalue weighted by Crippen LogP contribution is -2.34. The molecule has 2 aromatic rings. The molecule has 0 fully saturated rings. The fourth-order valence-electron chi connectivity index (χ4n) is 2.72. The highest BCUT2D eigenvalue weighted by Crippen LogP contribution is 2.26. The van der Waals surface area contributed by atoms with Crippen LogP contribution in [0, 0.1) is 6.92 Å². The van der Waals surface area contributed by atoms with Gasteiger partial charge in [0.2, 0.25) is 0 Å². The van der Waals surface area contributed by atoms with Crippen LogP contribution >= 0.6 is 11.8 Å². The summed E-state index contributed by atoms with van der Waals surface area (Å²) < 4.78 is 6.91. The van der Waals surface area contributed by atoms with Gasteiger partial charge in [0, 0.05) is 24.1 Å². The van der Waals surface area contributed by atoms with Crippen LogP contribution in [0.2, 0.25) is 0 Å². The molecular weight excluding hydrogens is 326 g/mol. The molecule has 0 radical (unpaired) electrons. The Bertz CT molecular complexity index is 847. The van der Waals surface area contributed by atoms with E-state index in [0.717, 1.165) is 16.9 Å². The van der Waals surface area contributed by atoms with Crippen LogP contribution in [0.5, 0.6) is 5.75 Å². The fraction of sp³-hybridized carbons (Fsp3) is 0.353. The molecule has 0 bridgehead atoms. The summed E-state index contributed by atoms with van der Waals surface area (Å²) in [7, 11) is 1.59. The van der Waals surface area contributed by atoms with Crippen molar-refractivity contribution >= 4 is 17.7 Å². The molecule has 0 spiro atoms. The molecule has 126 valence electrons. The Morgan fingerprint density at radius 2 is 2.25 bits per heavy atom. The Balaban J connectivity index is 1.85. The lowest BCUT2D eigenvalue weighted by molar-refractivity contribution is 0.0936. The SMILES string of the molecule is COc1ccc(C)cc1[C@@H](C)NC(=O)c1cnc2n(c1=O)CCS2. The van der Waals surface area contributed by atoms with Crippen molar-refractivity contribution in [2.45, 2.75) is 31.6 Å². The molecule has 0 aliphatic carbocycles. The highest BCUT2D eigenvalue weighted by atomic mass is 32.2. The van der Waals surface area contributed by atoms with Gasteiger partial charge in [-0.15, -0.1) is 0 Å². The maximum atomic E-state index is 12.5. The second-order valence-corrected chi connectivity index (χ2v) is 6.76. The van der Waals surface area contributed by atoms with Crippen LogP contribution in [0.3, 0.4) is 0 Å². The minimum atomic E-state index is -0.421. The predicted octanol–water partition coefficient (Wildman–Crippen LogP) is 2.16. The molecule has 3 rings (SSSR count). The second-order valence-electron chi connectivity index (χ2n) is 5.70. The van der Waals surface area contributed by atoms with E-state index in [0.29, 0.717) is 17.5 Å². The van der Waals surface area contributed by atoms with Gasteiger partial charge in [-0.3, -0.25) is 14.2 Å². The number of carbonyl (C=O) groups excluding carboxylic acids is 1. The van der Waals surface area contributed by atoms with Crippen molar-refractivity contribution in [3.8, 4) is 5.75 Å². The van der Waals surface area contributed by atoms with E-state index in [9.17, 15) is 9.59 Å². The Morgan fingerprint density at radius 3 is 3.00 bits per heavy atom. The number of carbonyl (C=O) groups is 1. The van der Waals surface area contributed by atoms with Crippen molar-refractivity contribution in [2.75, 3.05) is 12.9 Å². The number of thioether (sulfide) groups is 1. The van der Waals surface area contributed by atoms with Crippen molar-refractivity contribution in [3.63, 3.8) is 0 Å². The molecule has 1 atom stereocenters. The second kappa shape index (κ2) is 6.68. The number of aryl methyl sites for hydroxylation is 1. The molecule has 1 aromatic heterocycles. The number of hydrogen-bond acceptors (Lipinski definition) is 5. The van der Waals surface area contributed by atoms with E-state index in [4.69, 9.17) is 4.74 Å². The number of nitrogens with one attached hydrogen (secondary N) is 1. The molecule has 1 aliphatic heterocycles. The minimum Gasteiger partial charge on any atom is -0.496 e. The first-order valence-electron chi connectivity index (χ1n) is 7.69. The highest BCUT2D eigenvalue weighted by Gasteiger charge is 2.22. The zero-order valence-electron chi connectivity index (χ0n) is 13.8. The van der Waals surface area contributed by atoms with Crippen LogP contribution in [-0.4, -0.2) is 28.3 Å². The number of nitrogens with zero attached hydrogens (tertiary/aromatic N) is 2. The molecule has 1 aromatic carbocycles. The molecule has 0 saturated heterocycles. The van der Waals surface area contributed by atoms with Crippen LogP contribution in [-0.2, 0) is 6.54 Å². The molecule has 0 unspecified atom stereocenters. The van der Waals surface area contributed by atoms with Gasteiger partial charge in [0.25, 0.3) is 11.5 Å². The third-order valence-electron chi connectivity index (χ3n) is 4.00. The lowest BCUT2D eigenvalue weighted by Gasteiger charge is -2.18. The predicted molar refractivity (Wildman–Crippen MR) is 92.8 cm³/mol. The number of fused-ring (bicyclic) bond motifs is 1. The Kier molecular flexibility index (Phi) is 4.62. The van der Waals surface area contributed by atoms with Crippen LogP contribution in [0.1, 0.15) is 34.5 Å². The van der Waals surface area contributed by atoms with E-state index in [1.54, 1.807) is 11.7 Å². The summed E-state index contributed by atoms with van der Waals surface area (Å²) >= 11 is 1.52. The van der Waals surface area contributed by atoms with Gasteiger partial charge in [-0.05, 0) is 19.9 Å². The lowest BCUT2D eigenvalue weighted by atomic mass is 10.0. The van der Waals surface area contributed by atoms with Crippen molar-refractivity contribution < 1.29 is 9.53 Å². The largest absolute Gasteiger partial charge is 0.496 e. The third kappa shape index (κ3) is 3.03. The van der Waals surface area contributed by atoms with Crippen molar-refractivity contribution in [1.29, 1.82) is 0 Å². The standard InChI is InChI=1S/C17H19N3O3S/c1-10-4-5-14(23-3)12(8-10)11(2)19-15(21)13-9-18-17-20(16(13)22)6-7-24-17/h4-5,8-9,11H,6-7H2,1-3H3,(H,19,21)/t11-/m1/s1. The first-order chi connectivity index (χ1) is 11.5. The molecule has 2 heterocycles. The van der Waals surface area contributed by atoms with Gasteiger partial charge < -0.3 is 10.1 Å². The van der Waals surface area contributed by atoms with Crippen molar-refractivity contribution in [3.05, 3.63) is 51.4 Å². The molecular formula is C17H19N3O3S. The molecule has 1 aliphatic rings. The maximum absolute atomic E-state index is 12.5. The zero-order chi connectivity index (χ0) is 17.3. The monoisotopic (exact) mass is 345 g/mol. The van der Waals surface area contributed by atoms with Crippen LogP contribution in [0.25, 0.3) is 0 Å². The van der Waals surface area contributed by atoms with E-state index >= 15 is 0 Å². The summed E-state index contributed by atoms with van der Waals surface area (Å²) in [5, 5.41) is 3.54. The number of aromatic nitrogens is 2. The zero-order valence-corrected chi connectivity index (χ0v) is 14.6. The third-order valence-corrected chi connectivity index (χ3v) is 4.97. The number of ether oxygens (including phenoxy) is 1. The van der Waals surface area contributed by atoms with Crippen molar-refractivity contribution in [1.82, 2.24) is 14.9 Å². The van der Waals surface area contributed by atoms with Crippen LogP contribution in [0.4, 0.5) is 0 Å².